The number of rotatable bonds is 69. The van der Waals surface area contributed by atoms with Crippen molar-refractivity contribution in [1.29, 1.82) is 0 Å². The number of methoxy groups -OCH3 is 1. The van der Waals surface area contributed by atoms with Gasteiger partial charge in [-0.2, -0.15) is 0 Å². The van der Waals surface area contributed by atoms with Crippen LogP contribution in [0.15, 0.2) is 12.2 Å². The summed E-state index contributed by atoms with van der Waals surface area (Å²) in [5.41, 5.74) is 0.176. The Kier molecular flexibility index (Phi) is 73.5. The molecule has 0 aliphatic rings. The summed E-state index contributed by atoms with van der Waals surface area (Å²) in [6.07, 6.45) is -0.911. The van der Waals surface area contributed by atoms with Crippen LogP contribution in [0.1, 0.15) is 6.92 Å². The maximum atomic E-state index is 9.60. The quantitative estimate of drug-likeness (QED) is 0.0409. The molecule has 0 aliphatic heterocycles. The zero-order chi connectivity index (χ0) is 56.8. The molecule has 1 atom stereocenters. The first kappa shape index (κ1) is 78.3. The number of ether oxygens (including phenoxy) is 23. The van der Waals surface area contributed by atoms with Crippen molar-refractivity contribution in [3.8, 4) is 0 Å². The summed E-state index contributed by atoms with van der Waals surface area (Å²) in [5.74, 6) is -0.935. The Morgan fingerprint density at radius 3 is 0.513 bits per heavy atom. The average Bonchev–Trinajstić information content (AvgIpc) is 3.44. The third kappa shape index (κ3) is 76.3. The normalized spacial score (nSPS) is 11.8. The molecule has 27 nitrogen and oxygen atoms in total. The first-order valence-electron chi connectivity index (χ1n) is 26.9. The Bertz CT molecular complexity index is 1110. The van der Waals surface area contributed by atoms with E-state index in [4.69, 9.17) is 114 Å². The second kappa shape index (κ2) is 73.2. The smallest absolute Gasteiger partial charge is 0.330 e. The second-order valence-corrected chi connectivity index (χ2v) is 15.4. The molecule has 0 radical (unpaired) electrons. The Morgan fingerprint density at radius 2 is 0.410 bits per heavy atom. The van der Waals surface area contributed by atoms with Crippen LogP contribution in [0, 0.1) is 0 Å². The van der Waals surface area contributed by atoms with Crippen LogP contribution in [-0.2, 0) is 114 Å². The van der Waals surface area contributed by atoms with Gasteiger partial charge in [0.25, 0.3) is 0 Å². The van der Waals surface area contributed by atoms with Gasteiger partial charge in [0, 0.05) is 12.7 Å². The van der Waals surface area contributed by atoms with Crippen molar-refractivity contribution in [2.75, 3.05) is 304 Å². The maximum Gasteiger partial charge on any atom is 0.330 e. The molecule has 0 aromatic rings. The van der Waals surface area contributed by atoms with Crippen molar-refractivity contribution in [3.63, 3.8) is 0 Å². The van der Waals surface area contributed by atoms with E-state index in [1.807, 2.05) is 0 Å². The topological polar surface area (TPSA) is 290 Å². The van der Waals surface area contributed by atoms with Crippen LogP contribution >= 0.6 is 0 Å². The predicted octanol–water partition coefficient (Wildman–Crippen LogP) is -0.0442. The lowest BCUT2D eigenvalue weighted by Crippen LogP contribution is -2.19. The molecule has 78 heavy (non-hydrogen) atoms. The monoisotopic (exact) mass is 1150 g/mol. The van der Waals surface area contributed by atoms with Crippen LogP contribution in [0.25, 0.3) is 0 Å². The number of aliphatic carboxylic acids is 1. The van der Waals surface area contributed by atoms with Gasteiger partial charge in [0.05, 0.1) is 297 Å². The molecule has 0 rings (SSSR count). The van der Waals surface area contributed by atoms with Gasteiger partial charge in [0.15, 0.2) is 6.29 Å². The molecular formula is C51H102O27. The molecule has 0 spiro atoms. The molecule has 0 saturated heterocycles. The van der Waals surface area contributed by atoms with E-state index in [0.29, 0.717) is 284 Å². The molecule has 0 aromatic carbocycles. The summed E-state index contributed by atoms with van der Waals surface area (Å²) in [6, 6.07) is 0. The molecule has 0 amide bonds. The van der Waals surface area contributed by atoms with Crippen molar-refractivity contribution < 1.29 is 129 Å². The lowest BCUT2D eigenvalue weighted by Gasteiger charge is -2.10. The summed E-state index contributed by atoms with van der Waals surface area (Å²) in [7, 11) is 1.41. The first-order valence-corrected chi connectivity index (χ1v) is 26.9. The van der Waals surface area contributed by atoms with Crippen LogP contribution < -0.4 is 0 Å². The third-order valence-corrected chi connectivity index (χ3v) is 8.95. The summed E-state index contributed by atoms with van der Waals surface area (Å²) < 4.78 is 124. The zero-order valence-corrected chi connectivity index (χ0v) is 47.2. The van der Waals surface area contributed by atoms with Gasteiger partial charge in [-0.25, -0.2) is 4.79 Å². The molecule has 0 fully saturated rings. The second-order valence-electron chi connectivity index (χ2n) is 15.4. The zero-order valence-electron chi connectivity index (χ0n) is 47.2. The van der Waals surface area contributed by atoms with Gasteiger partial charge in [-0.3, -0.25) is 0 Å². The lowest BCUT2D eigenvalue weighted by molar-refractivity contribution is -0.132. The van der Waals surface area contributed by atoms with E-state index in [0.717, 1.165) is 0 Å². The van der Waals surface area contributed by atoms with E-state index in [1.54, 1.807) is 0 Å². The molecule has 0 aliphatic carbocycles. The van der Waals surface area contributed by atoms with Crippen LogP contribution in [0.2, 0.25) is 0 Å². The number of carbonyl (C=O) groups is 1. The van der Waals surface area contributed by atoms with Gasteiger partial charge >= 0.3 is 5.97 Å². The fourth-order valence-electron chi connectivity index (χ4n) is 4.93. The Hall–Kier alpha value is -1.79. The van der Waals surface area contributed by atoms with Crippen molar-refractivity contribution >= 4 is 5.97 Å². The number of hydrogen-bond donors (Lipinski definition) is 3. The van der Waals surface area contributed by atoms with Crippen LogP contribution in [0.5, 0.6) is 0 Å². The summed E-state index contributed by atoms with van der Waals surface area (Å²) in [5, 5.41) is 25.7. The SMILES string of the molecule is C=C(C)C(=O)O.COC(O)COCCOCCOCCOCCOCCOCCOCCOCCOCCOCCOCCOCCOCCOCCOCCOCCOCCOCCOCCOCCOCCOCCO. The van der Waals surface area contributed by atoms with Gasteiger partial charge < -0.3 is 124 Å². The van der Waals surface area contributed by atoms with Gasteiger partial charge in [-0.05, 0) is 6.92 Å². The molecule has 27 heteroatoms. The molecule has 0 aromatic heterocycles. The van der Waals surface area contributed by atoms with Crippen molar-refractivity contribution in [2.45, 2.75) is 13.2 Å². The van der Waals surface area contributed by atoms with E-state index >= 15 is 0 Å². The van der Waals surface area contributed by atoms with Gasteiger partial charge in [-0.1, -0.05) is 6.58 Å². The largest absolute Gasteiger partial charge is 0.478 e. The average molecular weight is 1150 g/mol. The molecule has 468 valence electrons. The lowest BCUT2D eigenvalue weighted by atomic mass is 10.4. The Morgan fingerprint density at radius 1 is 0.295 bits per heavy atom. The number of carboxylic acid groups (broad SMARTS) is 1. The molecule has 3 N–H and O–H groups in total. The summed E-state index contributed by atoms with van der Waals surface area (Å²) in [4.78, 5) is 9.60. The minimum absolute atomic E-state index is 0.0179. The standard InChI is InChI=1S/C47H96O25.C4H6O2/c1-50-47(49)46-72-45-44-71-43-42-70-41-40-69-39-38-68-37-36-67-35-34-66-33-32-65-31-30-64-29-28-63-27-26-62-25-24-61-23-22-60-21-20-59-19-18-58-17-16-57-15-14-56-13-12-55-11-10-54-9-8-53-7-6-52-5-4-51-3-2-48;1-3(2)4(5)6/h47-49H,2-46H2,1H3;1H2,2H3,(H,5,6). The van der Waals surface area contributed by atoms with E-state index in [-0.39, 0.29) is 18.8 Å². The molecule has 0 bridgehead atoms. The van der Waals surface area contributed by atoms with Crippen LogP contribution in [-0.4, -0.2) is 332 Å². The minimum atomic E-state index is -0.935. The van der Waals surface area contributed by atoms with Gasteiger partial charge in [-0.15, -0.1) is 0 Å². The molecular weight excluding hydrogens is 1040 g/mol. The Balaban J connectivity index is 0. The van der Waals surface area contributed by atoms with Crippen LogP contribution in [0.4, 0.5) is 0 Å². The highest BCUT2D eigenvalue weighted by atomic mass is 16.6. The fraction of sp³-hybridized carbons (Fsp3) is 0.941. The summed E-state index contributed by atoms with van der Waals surface area (Å²) >= 11 is 0. The van der Waals surface area contributed by atoms with Crippen molar-refractivity contribution in [2.24, 2.45) is 0 Å². The highest BCUT2D eigenvalue weighted by Gasteiger charge is 2.02. The van der Waals surface area contributed by atoms with E-state index in [2.05, 4.69) is 11.3 Å². The van der Waals surface area contributed by atoms with Gasteiger partial charge in [0.2, 0.25) is 0 Å². The fourth-order valence-corrected chi connectivity index (χ4v) is 4.93. The van der Waals surface area contributed by atoms with Crippen molar-refractivity contribution in [1.82, 2.24) is 0 Å². The number of carboxylic acids is 1. The highest BCUT2D eigenvalue weighted by molar-refractivity contribution is 5.84. The van der Waals surface area contributed by atoms with Crippen molar-refractivity contribution in [3.05, 3.63) is 12.2 Å². The van der Waals surface area contributed by atoms with E-state index in [1.165, 1.54) is 14.0 Å². The van der Waals surface area contributed by atoms with Gasteiger partial charge in [0.1, 0.15) is 0 Å². The molecule has 0 saturated carbocycles. The first-order chi connectivity index (χ1) is 38.5. The maximum absolute atomic E-state index is 9.60. The number of hydrogen-bond acceptors (Lipinski definition) is 26. The van der Waals surface area contributed by atoms with Crippen LogP contribution in [0.3, 0.4) is 0 Å². The Labute approximate surface area is 463 Å². The highest BCUT2D eigenvalue weighted by Crippen LogP contribution is 1.91. The number of aliphatic hydroxyl groups excluding tert-OH is 2. The molecule has 1 unspecified atom stereocenters. The minimum Gasteiger partial charge on any atom is -0.478 e. The molecule has 0 heterocycles. The van der Waals surface area contributed by atoms with E-state index in [9.17, 15) is 9.90 Å². The third-order valence-electron chi connectivity index (χ3n) is 8.95. The summed E-state index contributed by atoms with van der Waals surface area (Å²) in [6.45, 7) is 25.2. The van der Waals surface area contributed by atoms with E-state index < -0.39 is 12.3 Å². The number of aliphatic hydroxyl groups is 2. The predicted molar refractivity (Wildman–Crippen MR) is 281 cm³/mol.